The second kappa shape index (κ2) is 5.96. The Kier molecular flexibility index (Phi) is 4.58. The summed E-state index contributed by atoms with van der Waals surface area (Å²) in [5.41, 5.74) is 2.96. The zero-order valence-corrected chi connectivity index (χ0v) is 10.2. The zero-order chi connectivity index (χ0) is 11.4. The van der Waals surface area contributed by atoms with Crippen LogP contribution in [0.5, 0.6) is 0 Å². The molecule has 2 rings (SSSR count). The van der Waals surface area contributed by atoms with Gasteiger partial charge in [0.2, 0.25) is 0 Å². The van der Waals surface area contributed by atoms with Crippen LogP contribution in [0.3, 0.4) is 0 Å². The summed E-state index contributed by atoms with van der Waals surface area (Å²) in [7, 11) is 1.80. The highest BCUT2D eigenvalue weighted by Gasteiger charge is 2.37. The summed E-state index contributed by atoms with van der Waals surface area (Å²) >= 11 is 0. The third kappa shape index (κ3) is 3.17. The van der Waals surface area contributed by atoms with E-state index in [-0.39, 0.29) is 0 Å². The van der Waals surface area contributed by atoms with Crippen LogP contribution in [0.25, 0.3) is 0 Å². The Hall–Kier alpha value is -0.160. The molecule has 4 heteroatoms. The van der Waals surface area contributed by atoms with E-state index in [9.17, 15) is 0 Å². The first-order chi connectivity index (χ1) is 7.85. The number of ether oxygens (including phenoxy) is 2. The van der Waals surface area contributed by atoms with E-state index in [1.54, 1.807) is 7.11 Å². The molecule has 0 aromatic heterocycles. The van der Waals surface area contributed by atoms with Crippen molar-refractivity contribution in [2.24, 2.45) is 17.7 Å². The van der Waals surface area contributed by atoms with Gasteiger partial charge in [-0.15, -0.1) is 0 Å². The molecule has 3 N–H and O–H groups in total. The van der Waals surface area contributed by atoms with Gasteiger partial charge >= 0.3 is 0 Å². The Bertz CT molecular complexity index is 203. The molecule has 2 unspecified atom stereocenters. The molecule has 1 aliphatic heterocycles. The Labute approximate surface area is 97.8 Å². The predicted octanol–water partition coefficient (Wildman–Crippen LogP) is 1.06. The molecule has 0 aromatic rings. The van der Waals surface area contributed by atoms with Crippen LogP contribution in [-0.4, -0.2) is 32.5 Å². The van der Waals surface area contributed by atoms with Gasteiger partial charge in [0.05, 0.1) is 6.10 Å². The normalized spacial score (nSPS) is 26.6. The fourth-order valence-electron chi connectivity index (χ4n) is 2.75. The fraction of sp³-hybridized carbons (Fsp3) is 1.00. The molecule has 0 amide bonds. The summed E-state index contributed by atoms with van der Waals surface area (Å²) in [6.07, 6.45) is 6.34. The van der Waals surface area contributed by atoms with Crippen LogP contribution < -0.4 is 11.3 Å². The second-order valence-electron chi connectivity index (χ2n) is 5.10. The van der Waals surface area contributed by atoms with E-state index in [0.29, 0.717) is 12.1 Å². The molecular formula is C12H24N2O2. The first-order valence-electron chi connectivity index (χ1n) is 6.41. The Morgan fingerprint density at radius 2 is 2.00 bits per heavy atom. The van der Waals surface area contributed by atoms with E-state index in [1.165, 1.54) is 25.7 Å². The van der Waals surface area contributed by atoms with Crippen LogP contribution in [0, 0.1) is 11.8 Å². The van der Waals surface area contributed by atoms with Gasteiger partial charge in [0.15, 0.2) is 0 Å². The maximum Gasteiger partial charge on any atom is 0.0765 e. The van der Waals surface area contributed by atoms with Crippen molar-refractivity contribution in [3.05, 3.63) is 0 Å². The fourth-order valence-corrected chi connectivity index (χ4v) is 2.75. The van der Waals surface area contributed by atoms with E-state index in [1.807, 2.05) is 0 Å². The molecule has 2 fully saturated rings. The number of hydrogen-bond acceptors (Lipinski definition) is 4. The monoisotopic (exact) mass is 228 g/mol. The summed E-state index contributed by atoms with van der Waals surface area (Å²) in [5.74, 6) is 7.14. The molecule has 1 heterocycles. The van der Waals surface area contributed by atoms with Gasteiger partial charge in [-0.3, -0.25) is 11.3 Å². The summed E-state index contributed by atoms with van der Waals surface area (Å²) in [5, 5.41) is 0. The van der Waals surface area contributed by atoms with E-state index in [2.05, 4.69) is 5.43 Å². The maximum absolute atomic E-state index is 5.67. The molecule has 4 nitrogen and oxygen atoms in total. The minimum atomic E-state index is 0.299. The molecule has 1 saturated heterocycles. The van der Waals surface area contributed by atoms with Crippen molar-refractivity contribution in [3.8, 4) is 0 Å². The number of methoxy groups -OCH3 is 1. The Balaban J connectivity index is 1.82. The average molecular weight is 228 g/mol. The largest absolute Gasteiger partial charge is 0.381 e. The molecule has 1 saturated carbocycles. The van der Waals surface area contributed by atoms with E-state index in [0.717, 1.165) is 31.5 Å². The minimum absolute atomic E-state index is 0.299. The van der Waals surface area contributed by atoms with Gasteiger partial charge < -0.3 is 9.47 Å². The van der Waals surface area contributed by atoms with Crippen LogP contribution in [-0.2, 0) is 9.47 Å². The van der Waals surface area contributed by atoms with Crippen molar-refractivity contribution < 1.29 is 9.47 Å². The summed E-state index contributed by atoms with van der Waals surface area (Å²) < 4.78 is 11.0. The number of hydrazine groups is 1. The summed E-state index contributed by atoms with van der Waals surface area (Å²) in [4.78, 5) is 0. The van der Waals surface area contributed by atoms with Gasteiger partial charge in [0.1, 0.15) is 0 Å². The first kappa shape index (κ1) is 12.3. The lowest BCUT2D eigenvalue weighted by Gasteiger charge is -2.30. The van der Waals surface area contributed by atoms with Crippen LogP contribution in [0.1, 0.15) is 32.1 Å². The standard InChI is InChI=1S/C12H24N2O2/c1-15-12(10-2-3-10)11(14-13)8-9-4-6-16-7-5-9/h9-12,14H,2-8,13H2,1H3. The lowest BCUT2D eigenvalue weighted by atomic mass is 9.89. The molecule has 0 radical (unpaired) electrons. The smallest absolute Gasteiger partial charge is 0.0765 e. The quantitative estimate of drug-likeness (QED) is 0.527. The van der Waals surface area contributed by atoms with Crippen molar-refractivity contribution in [3.63, 3.8) is 0 Å². The van der Waals surface area contributed by atoms with Crippen LogP contribution in [0.2, 0.25) is 0 Å². The molecule has 1 aliphatic carbocycles. The maximum atomic E-state index is 5.67. The van der Waals surface area contributed by atoms with Crippen molar-refractivity contribution in [2.45, 2.75) is 44.2 Å². The summed E-state index contributed by atoms with van der Waals surface area (Å²) in [6, 6.07) is 0.306. The number of nitrogens with two attached hydrogens (primary N) is 1. The third-order valence-electron chi connectivity index (χ3n) is 3.90. The lowest BCUT2D eigenvalue weighted by molar-refractivity contribution is 0.0233. The first-order valence-corrected chi connectivity index (χ1v) is 6.41. The van der Waals surface area contributed by atoms with Crippen LogP contribution >= 0.6 is 0 Å². The van der Waals surface area contributed by atoms with Crippen LogP contribution in [0.4, 0.5) is 0 Å². The molecule has 2 aliphatic rings. The number of hydrogen-bond donors (Lipinski definition) is 2. The Morgan fingerprint density at radius 1 is 1.31 bits per heavy atom. The predicted molar refractivity (Wildman–Crippen MR) is 62.8 cm³/mol. The molecule has 0 bridgehead atoms. The van der Waals surface area contributed by atoms with Crippen molar-refractivity contribution in [1.82, 2.24) is 5.43 Å². The SMILES string of the molecule is COC(C1CC1)C(CC1CCOCC1)NN. The van der Waals surface area contributed by atoms with E-state index >= 15 is 0 Å². The van der Waals surface area contributed by atoms with Gasteiger partial charge in [0, 0.05) is 26.4 Å². The molecule has 94 valence electrons. The van der Waals surface area contributed by atoms with E-state index in [4.69, 9.17) is 15.3 Å². The molecule has 2 atom stereocenters. The summed E-state index contributed by atoms with van der Waals surface area (Å²) in [6.45, 7) is 1.81. The second-order valence-corrected chi connectivity index (χ2v) is 5.10. The number of rotatable bonds is 6. The van der Waals surface area contributed by atoms with Crippen molar-refractivity contribution in [2.75, 3.05) is 20.3 Å². The van der Waals surface area contributed by atoms with Gasteiger partial charge in [-0.05, 0) is 43.9 Å². The molecule has 16 heavy (non-hydrogen) atoms. The highest BCUT2D eigenvalue weighted by molar-refractivity contribution is 4.90. The lowest BCUT2D eigenvalue weighted by Crippen LogP contribution is -2.47. The van der Waals surface area contributed by atoms with Gasteiger partial charge in [-0.1, -0.05) is 0 Å². The van der Waals surface area contributed by atoms with Gasteiger partial charge in [0.25, 0.3) is 0 Å². The average Bonchev–Trinajstić information content (AvgIpc) is 3.14. The molecular weight excluding hydrogens is 204 g/mol. The van der Waals surface area contributed by atoms with Gasteiger partial charge in [-0.25, -0.2) is 0 Å². The Morgan fingerprint density at radius 3 is 2.50 bits per heavy atom. The topological polar surface area (TPSA) is 56.5 Å². The number of nitrogens with one attached hydrogen (secondary N) is 1. The highest BCUT2D eigenvalue weighted by atomic mass is 16.5. The molecule has 0 aromatic carbocycles. The van der Waals surface area contributed by atoms with Crippen molar-refractivity contribution >= 4 is 0 Å². The highest BCUT2D eigenvalue weighted by Crippen LogP contribution is 2.37. The molecule has 0 spiro atoms. The van der Waals surface area contributed by atoms with Crippen LogP contribution in [0.15, 0.2) is 0 Å². The van der Waals surface area contributed by atoms with E-state index < -0.39 is 0 Å². The minimum Gasteiger partial charge on any atom is -0.381 e. The zero-order valence-electron chi connectivity index (χ0n) is 10.2. The third-order valence-corrected chi connectivity index (χ3v) is 3.90. The van der Waals surface area contributed by atoms with Crippen molar-refractivity contribution in [1.29, 1.82) is 0 Å². The van der Waals surface area contributed by atoms with Gasteiger partial charge in [-0.2, -0.15) is 0 Å².